The molecule has 0 radical (unpaired) electrons. The van der Waals surface area contributed by atoms with Crippen LogP contribution in [0.25, 0.3) is 0 Å². The molecule has 0 fully saturated rings. The lowest BCUT2D eigenvalue weighted by molar-refractivity contribution is 0.0693. The van der Waals surface area contributed by atoms with Gasteiger partial charge in [-0.2, -0.15) is 0 Å². The van der Waals surface area contributed by atoms with E-state index in [1.807, 2.05) is 0 Å². The zero-order valence-corrected chi connectivity index (χ0v) is 12.7. The van der Waals surface area contributed by atoms with Crippen LogP contribution in [0.4, 0.5) is 0 Å². The molecule has 0 spiro atoms. The molecule has 0 atom stereocenters. The summed E-state index contributed by atoms with van der Waals surface area (Å²) in [6, 6.07) is 7.29. The van der Waals surface area contributed by atoms with Crippen LogP contribution >= 0.6 is 34.8 Å². The van der Waals surface area contributed by atoms with Gasteiger partial charge >= 0.3 is 5.97 Å². The van der Waals surface area contributed by atoms with Crippen LogP contribution in [0.15, 0.2) is 30.3 Å². The third-order valence-electron chi connectivity index (χ3n) is 2.66. The molecule has 0 amide bonds. The molecule has 0 saturated heterocycles. The van der Waals surface area contributed by atoms with Crippen molar-refractivity contribution in [2.75, 3.05) is 0 Å². The maximum absolute atomic E-state index is 10.8. The van der Waals surface area contributed by atoms with Gasteiger partial charge in [-0.3, -0.25) is 0 Å². The van der Waals surface area contributed by atoms with Crippen LogP contribution in [0, 0.1) is 0 Å². The zero-order valence-electron chi connectivity index (χ0n) is 10.4. The van der Waals surface area contributed by atoms with Crippen LogP contribution in [-0.2, 0) is 6.61 Å². The summed E-state index contributed by atoms with van der Waals surface area (Å²) in [6.07, 6.45) is 0. The van der Waals surface area contributed by atoms with E-state index in [0.717, 1.165) is 17.7 Å². The summed E-state index contributed by atoms with van der Waals surface area (Å²) in [5.41, 5.74) is 0.462. The lowest BCUT2D eigenvalue weighted by Crippen LogP contribution is -2.00. The highest BCUT2D eigenvalue weighted by Crippen LogP contribution is 2.33. The SMILES string of the molecule is O=C(O)c1cc(Cl)c(OCc2ccc(Cl)c(Cl)c2)cc1O. The molecule has 4 nitrogen and oxygen atoms in total. The van der Waals surface area contributed by atoms with Crippen molar-refractivity contribution >= 4 is 40.8 Å². The van der Waals surface area contributed by atoms with Gasteiger partial charge in [-0.05, 0) is 23.8 Å². The van der Waals surface area contributed by atoms with Crippen molar-refractivity contribution in [1.29, 1.82) is 0 Å². The molecule has 0 heterocycles. The van der Waals surface area contributed by atoms with Crippen molar-refractivity contribution < 1.29 is 19.7 Å². The Labute approximate surface area is 135 Å². The molecule has 0 saturated carbocycles. The summed E-state index contributed by atoms with van der Waals surface area (Å²) in [5, 5.41) is 19.4. The number of phenols is 1. The molecule has 0 aliphatic carbocycles. The molecule has 21 heavy (non-hydrogen) atoms. The molecule has 0 aliphatic heterocycles. The first-order valence-corrected chi connectivity index (χ1v) is 6.84. The van der Waals surface area contributed by atoms with Crippen molar-refractivity contribution in [2.24, 2.45) is 0 Å². The first-order valence-electron chi connectivity index (χ1n) is 5.71. The quantitative estimate of drug-likeness (QED) is 0.846. The molecule has 2 N–H and O–H groups in total. The highest BCUT2D eigenvalue weighted by molar-refractivity contribution is 6.42. The van der Waals surface area contributed by atoms with Crippen LogP contribution in [0.5, 0.6) is 11.5 Å². The average molecular weight is 348 g/mol. The van der Waals surface area contributed by atoms with E-state index in [1.165, 1.54) is 0 Å². The van der Waals surface area contributed by atoms with Gasteiger partial charge in [0, 0.05) is 6.07 Å². The highest BCUT2D eigenvalue weighted by atomic mass is 35.5. The molecule has 0 aliphatic rings. The van der Waals surface area contributed by atoms with Gasteiger partial charge in [0.15, 0.2) is 0 Å². The van der Waals surface area contributed by atoms with Gasteiger partial charge in [0.2, 0.25) is 0 Å². The van der Waals surface area contributed by atoms with Crippen LogP contribution in [0.2, 0.25) is 15.1 Å². The number of aromatic hydroxyl groups is 1. The minimum absolute atomic E-state index is 0.0882. The maximum atomic E-state index is 10.8. The summed E-state index contributed by atoms with van der Waals surface area (Å²) in [4.78, 5) is 10.8. The minimum atomic E-state index is -1.27. The van der Waals surface area contributed by atoms with Crippen LogP contribution < -0.4 is 4.74 Å². The third-order valence-corrected chi connectivity index (χ3v) is 3.69. The Hall–Kier alpha value is -1.62. The van der Waals surface area contributed by atoms with E-state index in [4.69, 9.17) is 44.6 Å². The predicted molar refractivity (Wildman–Crippen MR) is 80.9 cm³/mol. The van der Waals surface area contributed by atoms with Crippen molar-refractivity contribution in [3.63, 3.8) is 0 Å². The fraction of sp³-hybridized carbons (Fsp3) is 0.0714. The summed E-state index contributed by atoms with van der Waals surface area (Å²) in [7, 11) is 0. The number of halogens is 3. The smallest absolute Gasteiger partial charge is 0.339 e. The van der Waals surface area contributed by atoms with Crippen molar-refractivity contribution in [1.82, 2.24) is 0 Å². The minimum Gasteiger partial charge on any atom is -0.507 e. The summed E-state index contributed by atoms with van der Waals surface area (Å²) in [6.45, 7) is 0.141. The Morgan fingerprint density at radius 1 is 1.05 bits per heavy atom. The normalized spacial score (nSPS) is 10.4. The number of benzene rings is 2. The van der Waals surface area contributed by atoms with Crippen LogP contribution in [-0.4, -0.2) is 16.2 Å². The number of hydrogen-bond donors (Lipinski definition) is 2. The molecular weight excluding hydrogens is 339 g/mol. The largest absolute Gasteiger partial charge is 0.507 e. The monoisotopic (exact) mass is 346 g/mol. The number of carboxylic acids is 1. The van der Waals surface area contributed by atoms with E-state index >= 15 is 0 Å². The number of aromatic carboxylic acids is 1. The van der Waals surface area contributed by atoms with Crippen LogP contribution in [0.3, 0.4) is 0 Å². The second-order valence-corrected chi connectivity index (χ2v) is 5.36. The lowest BCUT2D eigenvalue weighted by Gasteiger charge is -2.10. The fourth-order valence-electron chi connectivity index (χ4n) is 1.62. The summed E-state index contributed by atoms with van der Waals surface area (Å²) in [5.74, 6) is -1.52. The van der Waals surface area contributed by atoms with Gasteiger partial charge in [-0.25, -0.2) is 4.79 Å². The van der Waals surface area contributed by atoms with Gasteiger partial charge in [0.25, 0.3) is 0 Å². The molecule has 2 rings (SSSR count). The third kappa shape index (κ3) is 3.73. The molecule has 0 aromatic heterocycles. The molecule has 2 aromatic rings. The fourth-order valence-corrected chi connectivity index (χ4v) is 2.15. The molecule has 0 unspecified atom stereocenters. The standard InChI is InChI=1S/C14H9Cl3O4/c15-9-2-1-7(3-10(9)16)6-21-13-5-12(18)8(14(19)20)4-11(13)17/h1-5,18H,6H2,(H,19,20). The molecule has 0 bridgehead atoms. The summed E-state index contributed by atoms with van der Waals surface area (Å²) >= 11 is 17.6. The second kappa shape index (κ2) is 6.43. The zero-order chi connectivity index (χ0) is 15.6. The number of carbonyl (C=O) groups is 1. The number of rotatable bonds is 4. The first-order chi connectivity index (χ1) is 9.88. The predicted octanol–water partition coefficient (Wildman–Crippen LogP) is 4.63. The van der Waals surface area contributed by atoms with Gasteiger partial charge in [0.1, 0.15) is 23.7 Å². The second-order valence-electron chi connectivity index (χ2n) is 4.14. The molecule has 7 heteroatoms. The number of ether oxygens (including phenoxy) is 1. The average Bonchev–Trinajstić information content (AvgIpc) is 2.42. The van der Waals surface area contributed by atoms with Crippen molar-refractivity contribution in [3.05, 3.63) is 56.5 Å². The first kappa shape index (κ1) is 15.8. The van der Waals surface area contributed by atoms with Gasteiger partial charge < -0.3 is 14.9 Å². The highest BCUT2D eigenvalue weighted by Gasteiger charge is 2.14. The number of hydrogen-bond acceptors (Lipinski definition) is 3. The lowest BCUT2D eigenvalue weighted by atomic mass is 10.2. The Morgan fingerprint density at radius 3 is 2.38 bits per heavy atom. The van der Waals surface area contributed by atoms with Crippen molar-refractivity contribution in [3.8, 4) is 11.5 Å². The van der Waals surface area contributed by atoms with E-state index in [9.17, 15) is 9.90 Å². The van der Waals surface area contributed by atoms with Crippen molar-refractivity contribution in [2.45, 2.75) is 6.61 Å². The topological polar surface area (TPSA) is 66.8 Å². The molecule has 110 valence electrons. The van der Waals surface area contributed by atoms with Gasteiger partial charge in [0.05, 0.1) is 15.1 Å². The van der Waals surface area contributed by atoms with E-state index in [2.05, 4.69) is 0 Å². The molecule has 2 aromatic carbocycles. The summed E-state index contributed by atoms with van der Waals surface area (Å²) < 4.78 is 5.45. The van der Waals surface area contributed by atoms with E-state index in [0.29, 0.717) is 10.0 Å². The number of carboxylic acid groups (broad SMARTS) is 1. The molecular formula is C14H9Cl3O4. The Balaban J connectivity index is 2.18. The Kier molecular flexibility index (Phi) is 4.83. The van der Waals surface area contributed by atoms with E-state index < -0.39 is 11.7 Å². The van der Waals surface area contributed by atoms with E-state index in [1.54, 1.807) is 18.2 Å². The maximum Gasteiger partial charge on any atom is 0.339 e. The van der Waals surface area contributed by atoms with E-state index in [-0.39, 0.29) is 22.9 Å². The van der Waals surface area contributed by atoms with Gasteiger partial charge in [-0.1, -0.05) is 40.9 Å². The Bertz CT molecular complexity index is 701. The van der Waals surface area contributed by atoms with Gasteiger partial charge in [-0.15, -0.1) is 0 Å². The van der Waals surface area contributed by atoms with Crippen LogP contribution in [0.1, 0.15) is 15.9 Å². The Morgan fingerprint density at radius 2 is 1.76 bits per heavy atom.